The van der Waals surface area contributed by atoms with Crippen LogP contribution in [0.1, 0.15) is 0 Å². The van der Waals surface area contributed by atoms with Crippen molar-refractivity contribution in [3.63, 3.8) is 0 Å². The highest BCUT2D eigenvalue weighted by atomic mass is 32.1. The van der Waals surface area contributed by atoms with E-state index in [1.165, 1.54) is 17.4 Å². The maximum atomic E-state index is 10.6. The molecule has 0 fully saturated rings. The molecule has 0 aliphatic heterocycles. The summed E-state index contributed by atoms with van der Waals surface area (Å²) in [6, 6.07) is 3.23. The van der Waals surface area contributed by atoms with Crippen LogP contribution in [0.15, 0.2) is 22.4 Å². The zero-order chi connectivity index (χ0) is 10.3. The van der Waals surface area contributed by atoms with Gasteiger partial charge in [-0.1, -0.05) is 0 Å². The molecule has 2 rings (SSSR count). The normalized spacial score (nSPS) is 10.6. The minimum atomic E-state index is -0.492. The topological polar surface area (TPSA) is 69.2 Å². The first-order valence-corrected chi connectivity index (χ1v) is 5.07. The molecular formula is C8H6N2O2S2. The molecule has 1 heterocycles. The van der Waals surface area contributed by atoms with Crippen LogP contribution in [0.2, 0.25) is 0 Å². The molecule has 1 aromatic heterocycles. The second kappa shape index (κ2) is 3.14. The lowest BCUT2D eigenvalue weighted by molar-refractivity contribution is -0.384. The fourth-order valence-electron chi connectivity index (χ4n) is 1.27. The van der Waals surface area contributed by atoms with Crippen molar-refractivity contribution in [2.45, 2.75) is 4.90 Å². The van der Waals surface area contributed by atoms with Crippen LogP contribution >= 0.6 is 24.0 Å². The molecule has 0 amide bonds. The average molecular weight is 226 g/mol. The number of nitrogens with two attached hydrogens (primary N) is 1. The predicted octanol–water partition coefficient (Wildman–Crippen LogP) is 2.68. The number of benzene rings is 1. The van der Waals surface area contributed by atoms with Gasteiger partial charge in [0.25, 0.3) is 5.69 Å². The van der Waals surface area contributed by atoms with E-state index >= 15 is 0 Å². The van der Waals surface area contributed by atoms with Gasteiger partial charge in [0.15, 0.2) is 0 Å². The summed E-state index contributed by atoms with van der Waals surface area (Å²) < 4.78 is 0.726. The van der Waals surface area contributed by atoms with Crippen molar-refractivity contribution in [1.82, 2.24) is 0 Å². The van der Waals surface area contributed by atoms with E-state index < -0.39 is 4.92 Å². The highest BCUT2D eigenvalue weighted by molar-refractivity contribution is 7.80. The lowest BCUT2D eigenvalue weighted by Gasteiger charge is -2.00. The summed E-state index contributed by atoms with van der Waals surface area (Å²) in [5, 5.41) is 13.3. The van der Waals surface area contributed by atoms with Gasteiger partial charge in [-0.25, -0.2) is 0 Å². The molecule has 0 aliphatic rings. The summed E-state index contributed by atoms with van der Waals surface area (Å²) in [5.41, 5.74) is 5.81. The van der Waals surface area contributed by atoms with Crippen molar-refractivity contribution in [3.05, 3.63) is 27.6 Å². The van der Waals surface area contributed by atoms with Crippen molar-refractivity contribution in [2.24, 2.45) is 0 Å². The quantitative estimate of drug-likeness (QED) is 0.340. The van der Waals surface area contributed by atoms with Crippen LogP contribution in [0.4, 0.5) is 11.4 Å². The Labute approximate surface area is 88.9 Å². The summed E-state index contributed by atoms with van der Waals surface area (Å²) >= 11 is 5.56. The Hall–Kier alpha value is -1.27. The van der Waals surface area contributed by atoms with Crippen molar-refractivity contribution in [1.29, 1.82) is 0 Å². The lowest BCUT2D eigenvalue weighted by atomic mass is 10.2. The molecular weight excluding hydrogens is 220 g/mol. The van der Waals surface area contributed by atoms with Gasteiger partial charge in [-0.05, 0) is 11.4 Å². The molecule has 0 saturated carbocycles. The third-order valence-corrected chi connectivity index (χ3v) is 3.25. The molecule has 72 valence electrons. The second-order valence-electron chi connectivity index (χ2n) is 2.75. The first-order valence-electron chi connectivity index (χ1n) is 3.74. The number of nitrogens with zero attached hydrogens (tertiary/aromatic N) is 1. The largest absolute Gasteiger partial charge is 0.392 e. The van der Waals surface area contributed by atoms with Crippen molar-refractivity contribution < 1.29 is 4.92 Å². The summed E-state index contributed by atoms with van der Waals surface area (Å²) in [6.45, 7) is 0. The van der Waals surface area contributed by atoms with E-state index in [0.717, 1.165) is 10.1 Å². The highest BCUT2D eigenvalue weighted by Crippen LogP contribution is 2.37. The molecule has 2 N–H and O–H groups in total. The monoisotopic (exact) mass is 226 g/mol. The molecule has 0 aliphatic carbocycles. The highest BCUT2D eigenvalue weighted by Gasteiger charge is 2.17. The third-order valence-electron chi connectivity index (χ3n) is 1.93. The summed E-state index contributed by atoms with van der Waals surface area (Å²) in [5.74, 6) is 0. The number of nitrogen functional groups attached to an aromatic ring is 1. The van der Waals surface area contributed by atoms with E-state index in [0.29, 0.717) is 4.90 Å². The Balaban J connectivity index is 2.88. The predicted molar refractivity (Wildman–Crippen MR) is 60.1 cm³/mol. The molecule has 0 bridgehead atoms. The molecule has 14 heavy (non-hydrogen) atoms. The Morgan fingerprint density at radius 3 is 2.93 bits per heavy atom. The number of hydrogen-bond donors (Lipinski definition) is 2. The van der Waals surface area contributed by atoms with Gasteiger partial charge >= 0.3 is 0 Å². The third kappa shape index (κ3) is 1.23. The maximum absolute atomic E-state index is 10.6. The molecule has 0 saturated heterocycles. The van der Waals surface area contributed by atoms with Gasteiger partial charge in [-0.15, -0.1) is 24.0 Å². The van der Waals surface area contributed by atoms with Crippen molar-refractivity contribution >= 4 is 45.4 Å². The number of hydrogen-bond acceptors (Lipinski definition) is 5. The van der Waals surface area contributed by atoms with Gasteiger partial charge in [-0.2, -0.15) is 0 Å². The van der Waals surface area contributed by atoms with Crippen LogP contribution in [0, 0.1) is 10.1 Å². The number of anilines is 1. The first kappa shape index (κ1) is 9.29. The van der Waals surface area contributed by atoms with Crippen LogP contribution in [-0.4, -0.2) is 4.92 Å². The van der Waals surface area contributed by atoms with Crippen molar-refractivity contribution in [2.75, 3.05) is 5.73 Å². The minimum absolute atomic E-state index is 0.0788. The number of thiophene rings is 1. The fourth-order valence-corrected chi connectivity index (χ4v) is 2.53. The number of nitro groups is 1. The first-order chi connectivity index (χ1) is 6.61. The maximum Gasteiger partial charge on any atom is 0.294 e. The Bertz CT molecular complexity index is 521. The number of thiol groups is 1. The van der Waals surface area contributed by atoms with Gasteiger partial charge in [0.1, 0.15) is 5.69 Å². The van der Waals surface area contributed by atoms with Gasteiger partial charge in [0.05, 0.1) is 9.62 Å². The van der Waals surface area contributed by atoms with Crippen LogP contribution in [-0.2, 0) is 0 Å². The van der Waals surface area contributed by atoms with Crippen LogP contribution in [0.5, 0.6) is 0 Å². The van der Waals surface area contributed by atoms with Crippen molar-refractivity contribution in [3.8, 4) is 0 Å². The van der Waals surface area contributed by atoms with E-state index in [1.807, 2.05) is 11.4 Å². The summed E-state index contributed by atoms with van der Waals surface area (Å²) in [4.78, 5) is 10.7. The average Bonchev–Trinajstić information content (AvgIpc) is 2.59. The summed E-state index contributed by atoms with van der Waals surface area (Å²) in [6.07, 6.45) is 0. The van der Waals surface area contributed by atoms with E-state index in [1.54, 1.807) is 0 Å². The molecule has 4 nitrogen and oxygen atoms in total. The minimum Gasteiger partial charge on any atom is -0.392 e. The Morgan fingerprint density at radius 2 is 2.29 bits per heavy atom. The van der Waals surface area contributed by atoms with Crippen LogP contribution < -0.4 is 5.73 Å². The van der Waals surface area contributed by atoms with E-state index in [-0.39, 0.29) is 11.4 Å². The van der Waals surface area contributed by atoms with Gasteiger partial charge < -0.3 is 5.73 Å². The second-order valence-corrected chi connectivity index (χ2v) is 4.15. The molecule has 0 radical (unpaired) electrons. The zero-order valence-corrected chi connectivity index (χ0v) is 8.64. The summed E-state index contributed by atoms with van der Waals surface area (Å²) in [7, 11) is 0. The number of nitro benzene ring substituents is 1. The van der Waals surface area contributed by atoms with Crippen LogP contribution in [0.25, 0.3) is 10.1 Å². The van der Waals surface area contributed by atoms with Gasteiger partial charge in [-0.3, -0.25) is 10.1 Å². The van der Waals surface area contributed by atoms with Crippen LogP contribution in [0.3, 0.4) is 0 Å². The Kier molecular flexibility index (Phi) is 2.09. The van der Waals surface area contributed by atoms with E-state index in [2.05, 4.69) is 12.6 Å². The lowest BCUT2D eigenvalue weighted by Crippen LogP contribution is -1.95. The van der Waals surface area contributed by atoms with E-state index in [9.17, 15) is 10.1 Å². The fraction of sp³-hybridized carbons (Fsp3) is 0. The standard InChI is InChI=1S/C8H6N2O2S2/c9-7-5(10(11)12)3-6(13)4-1-2-14-8(4)7/h1-3,13H,9H2. The van der Waals surface area contributed by atoms with Gasteiger partial charge in [0.2, 0.25) is 0 Å². The SMILES string of the molecule is Nc1c([N+](=O)[O-])cc(S)c2ccsc12. The molecule has 2 aromatic rings. The molecule has 1 aromatic carbocycles. The molecule has 0 atom stereocenters. The molecule has 0 spiro atoms. The van der Waals surface area contributed by atoms with E-state index in [4.69, 9.17) is 5.73 Å². The number of fused-ring (bicyclic) bond motifs is 1. The smallest absolute Gasteiger partial charge is 0.294 e. The van der Waals surface area contributed by atoms with Gasteiger partial charge in [0, 0.05) is 16.3 Å². The molecule has 0 unspecified atom stereocenters. The molecule has 6 heteroatoms. The number of rotatable bonds is 1. The zero-order valence-electron chi connectivity index (χ0n) is 6.93. The Morgan fingerprint density at radius 1 is 1.57 bits per heavy atom.